The van der Waals surface area contributed by atoms with Crippen LogP contribution >= 0.6 is 0 Å². The zero-order chi connectivity index (χ0) is 18.8. The van der Waals surface area contributed by atoms with Gasteiger partial charge in [-0.15, -0.1) is 0 Å². The van der Waals surface area contributed by atoms with Crippen LogP contribution in [-0.2, 0) is 0 Å². The van der Waals surface area contributed by atoms with E-state index >= 15 is 0 Å². The van der Waals surface area contributed by atoms with Gasteiger partial charge in [-0.05, 0) is 48.2 Å². The van der Waals surface area contributed by atoms with Crippen LogP contribution in [0.2, 0.25) is 0 Å². The van der Waals surface area contributed by atoms with E-state index < -0.39 is 0 Å². The highest BCUT2D eigenvalue weighted by Crippen LogP contribution is 2.47. The fourth-order valence-corrected chi connectivity index (χ4v) is 4.70. The number of hydrogen-bond acceptors (Lipinski definition) is 5. The Hall–Kier alpha value is -2.53. The Kier molecular flexibility index (Phi) is 5.03. The van der Waals surface area contributed by atoms with Gasteiger partial charge in [-0.3, -0.25) is 0 Å². The zero-order valence-corrected chi connectivity index (χ0v) is 15.8. The van der Waals surface area contributed by atoms with E-state index in [1.165, 1.54) is 0 Å². The molecule has 5 nitrogen and oxygen atoms in total. The molecule has 2 bridgehead atoms. The summed E-state index contributed by atoms with van der Waals surface area (Å²) in [6.07, 6.45) is 3.18. The van der Waals surface area contributed by atoms with Crippen LogP contribution in [0.3, 0.4) is 0 Å². The number of benzene rings is 2. The highest BCUT2D eigenvalue weighted by atomic mass is 16.5. The first kappa shape index (κ1) is 17.9. The van der Waals surface area contributed by atoms with Crippen molar-refractivity contribution in [2.24, 2.45) is 17.0 Å². The van der Waals surface area contributed by atoms with Gasteiger partial charge in [-0.1, -0.05) is 35.8 Å². The van der Waals surface area contributed by atoms with E-state index in [9.17, 15) is 5.21 Å². The Balaban J connectivity index is 1.76. The number of nitrogens with one attached hydrogen (secondary N) is 1. The van der Waals surface area contributed by atoms with Crippen LogP contribution < -0.4 is 14.8 Å². The molecule has 0 radical (unpaired) electrons. The van der Waals surface area contributed by atoms with Crippen LogP contribution in [0.25, 0.3) is 0 Å². The van der Waals surface area contributed by atoms with Crippen LogP contribution in [0, 0.1) is 11.8 Å². The summed E-state index contributed by atoms with van der Waals surface area (Å²) in [4.78, 5) is 0. The molecular formula is C22H26N2O3. The number of hydrogen-bond donors (Lipinski definition) is 2. The molecule has 1 saturated heterocycles. The molecule has 4 unspecified atom stereocenters. The van der Waals surface area contributed by atoms with Crippen LogP contribution in [-0.4, -0.2) is 25.1 Å². The molecule has 2 aromatic rings. The molecular weight excluding hydrogens is 340 g/mol. The van der Waals surface area contributed by atoms with E-state index in [1.807, 2.05) is 24.3 Å². The summed E-state index contributed by atoms with van der Waals surface area (Å²) in [5, 5.41) is 17.5. The first-order valence-corrected chi connectivity index (χ1v) is 9.51. The van der Waals surface area contributed by atoms with Crippen LogP contribution in [0.15, 0.2) is 53.7 Å². The second-order valence-corrected chi connectivity index (χ2v) is 7.34. The van der Waals surface area contributed by atoms with E-state index in [1.54, 1.807) is 14.2 Å². The lowest BCUT2D eigenvalue weighted by Gasteiger charge is -2.47. The van der Waals surface area contributed by atoms with Gasteiger partial charge in [0.2, 0.25) is 0 Å². The number of ether oxygens (including phenoxy) is 2. The van der Waals surface area contributed by atoms with Gasteiger partial charge in [0.05, 0.1) is 19.9 Å². The van der Waals surface area contributed by atoms with Gasteiger partial charge in [0.1, 0.15) is 11.5 Å². The van der Waals surface area contributed by atoms with Crippen LogP contribution in [0.1, 0.15) is 42.5 Å². The molecule has 0 spiro atoms. The molecule has 2 fully saturated rings. The molecule has 1 saturated carbocycles. The van der Waals surface area contributed by atoms with Gasteiger partial charge in [0, 0.05) is 23.9 Å². The largest absolute Gasteiger partial charge is 0.497 e. The third-order valence-electron chi connectivity index (χ3n) is 5.98. The van der Waals surface area contributed by atoms with Gasteiger partial charge in [-0.25, -0.2) is 0 Å². The molecule has 2 aromatic carbocycles. The van der Waals surface area contributed by atoms with Gasteiger partial charge < -0.3 is 20.0 Å². The lowest BCUT2D eigenvalue weighted by molar-refractivity contribution is 0.214. The Morgan fingerprint density at radius 1 is 0.889 bits per heavy atom. The summed E-state index contributed by atoms with van der Waals surface area (Å²) in [5.74, 6) is 2.07. The van der Waals surface area contributed by atoms with Crippen molar-refractivity contribution in [3.05, 3.63) is 59.7 Å². The van der Waals surface area contributed by atoms with Gasteiger partial charge in [-0.2, -0.15) is 0 Å². The number of oxime groups is 1. The van der Waals surface area contributed by atoms with E-state index in [0.717, 1.165) is 47.6 Å². The highest BCUT2D eigenvalue weighted by molar-refractivity contribution is 5.91. The summed E-state index contributed by atoms with van der Waals surface area (Å²) in [5.41, 5.74) is 3.24. The maximum atomic E-state index is 9.84. The predicted octanol–water partition coefficient (Wildman–Crippen LogP) is 4.34. The fraction of sp³-hybridized carbons (Fsp3) is 0.409. The van der Waals surface area contributed by atoms with Crippen LogP contribution in [0.4, 0.5) is 0 Å². The summed E-state index contributed by atoms with van der Waals surface area (Å²) < 4.78 is 10.8. The molecule has 2 aliphatic rings. The molecule has 1 aliphatic heterocycles. The minimum atomic E-state index is 0.0822. The SMILES string of the molecule is COc1cccc(C2NC(c3cccc(OC)c3)C3CCCC2C3=NO)c1. The summed E-state index contributed by atoms with van der Waals surface area (Å²) in [7, 11) is 3.37. The lowest BCUT2D eigenvalue weighted by atomic mass is 9.67. The minimum absolute atomic E-state index is 0.0822. The molecule has 2 N–H and O–H groups in total. The predicted molar refractivity (Wildman–Crippen MR) is 105 cm³/mol. The van der Waals surface area contributed by atoms with Crippen LogP contribution in [0.5, 0.6) is 11.5 Å². The molecule has 5 heteroatoms. The molecule has 0 aromatic heterocycles. The maximum Gasteiger partial charge on any atom is 0.119 e. The fourth-order valence-electron chi connectivity index (χ4n) is 4.70. The molecule has 27 heavy (non-hydrogen) atoms. The molecule has 0 amide bonds. The van der Waals surface area contributed by atoms with Gasteiger partial charge in [0.15, 0.2) is 0 Å². The number of nitrogens with zero attached hydrogens (tertiary/aromatic N) is 1. The van der Waals surface area contributed by atoms with E-state index in [-0.39, 0.29) is 23.9 Å². The Bertz CT molecular complexity index is 772. The Morgan fingerprint density at radius 2 is 1.41 bits per heavy atom. The van der Waals surface area contributed by atoms with Crippen molar-refractivity contribution < 1.29 is 14.7 Å². The topological polar surface area (TPSA) is 63.1 Å². The van der Waals surface area contributed by atoms with Crippen molar-refractivity contribution in [2.75, 3.05) is 14.2 Å². The van der Waals surface area contributed by atoms with Crippen molar-refractivity contribution in [3.63, 3.8) is 0 Å². The first-order chi connectivity index (χ1) is 13.2. The number of fused-ring (bicyclic) bond motifs is 2. The van der Waals surface area contributed by atoms with Gasteiger partial charge >= 0.3 is 0 Å². The monoisotopic (exact) mass is 366 g/mol. The van der Waals surface area contributed by atoms with Crippen molar-refractivity contribution in [2.45, 2.75) is 31.3 Å². The number of rotatable bonds is 4. The molecule has 1 heterocycles. The van der Waals surface area contributed by atoms with Crippen molar-refractivity contribution in [1.29, 1.82) is 0 Å². The normalized spacial score (nSPS) is 27.1. The van der Waals surface area contributed by atoms with Crippen molar-refractivity contribution in [1.82, 2.24) is 5.32 Å². The summed E-state index contributed by atoms with van der Waals surface area (Å²) in [6.45, 7) is 0. The third kappa shape index (κ3) is 3.28. The standard InChI is InChI=1S/C22H26N2O3/c1-26-16-8-3-6-14(12-16)20-18-10-5-11-19(22(18)24-25)21(23-20)15-7-4-9-17(13-15)27-2/h3-4,6-9,12-13,18-21,23,25H,5,10-11H2,1-2H3. The minimum Gasteiger partial charge on any atom is -0.497 e. The van der Waals surface area contributed by atoms with Crippen molar-refractivity contribution in [3.8, 4) is 11.5 Å². The summed E-state index contributed by atoms with van der Waals surface area (Å²) in [6, 6.07) is 16.5. The van der Waals surface area contributed by atoms with Gasteiger partial charge in [0.25, 0.3) is 0 Å². The van der Waals surface area contributed by atoms with E-state index in [0.29, 0.717) is 0 Å². The molecule has 1 aliphatic carbocycles. The quantitative estimate of drug-likeness (QED) is 0.624. The van der Waals surface area contributed by atoms with Crippen molar-refractivity contribution >= 4 is 5.71 Å². The summed E-state index contributed by atoms with van der Waals surface area (Å²) >= 11 is 0. The Morgan fingerprint density at radius 3 is 1.85 bits per heavy atom. The zero-order valence-electron chi connectivity index (χ0n) is 15.8. The average molecular weight is 366 g/mol. The molecule has 4 rings (SSSR count). The number of piperidine rings is 1. The smallest absolute Gasteiger partial charge is 0.119 e. The lowest BCUT2D eigenvalue weighted by Crippen LogP contribution is -2.50. The molecule has 142 valence electrons. The van der Waals surface area contributed by atoms with E-state index in [4.69, 9.17) is 9.47 Å². The second kappa shape index (κ2) is 7.61. The Labute approximate surface area is 160 Å². The maximum absolute atomic E-state index is 9.84. The first-order valence-electron chi connectivity index (χ1n) is 9.51. The van der Waals surface area contributed by atoms with E-state index in [2.05, 4.69) is 34.7 Å². The highest BCUT2D eigenvalue weighted by Gasteiger charge is 2.45. The number of methoxy groups -OCH3 is 2. The molecule has 4 atom stereocenters. The second-order valence-electron chi connectivity index (χ2n) is 7.34. The third-order valence-corrected chi connectivity index (χ3v) is 5.98. The average Bonchev–Trinajstić information content (AvgIpc) is 2.73.